The van der Waals surface area contributed by atoms with Crippen LogP contribution in [0.5, 0.6) is 0 Å². The standard InChI is InChI=1S/C22H23N7O/c1-15-12-28(22(30)17-10-18-21(23-11-17)27(2)14-24-18)13-20-26-25-19(29(15)20)9-8-16-6-4-3-5-7-16/h3-7,10-11,14-15H,8-9,12-13H2,1-2H3/t15-/m0/s1. The molecule has 0 saturated carbocycles. The summed E-state index contributed by atoms with van der Waals surface area (Å²) in [6, 6.07) is 12.3. The van der Waals surface area contributed by atoms with Crippen molar-refractivity contribution in [1.29, 1.82) is 0 Å². The molecule has 152 valence electrons. The zero-order valence-corrected chi connectivity index (χ0v) is 17.1. The molecule has 4 aromatic rings. The Bertz CT molecular complexity index is 1210. The smallest absolute Gasteiger partial charge is 0.255 e. The lowest BCUT2D eigenvalue weighted by molar-refractivity contribution is 0.0679. The van der Waals surface area contributed by atoms with Crippen molar-refractivity contribution in [2.75, 3.05) is 6.54 Å². The topological polar surface area (TPSA) is 81.7 Å². The van der Waals surface area contributed by atoms with Gasteiger partial charge in [0.2, 0.25) is 0 Å². The van der Waals surface area contributed by atoms with E-state index in [4.69, 9.17) is 0 Å². The molecule has 1 amide bonds. The largest absolute Gasteiger partial charge is 0.329 e. The lowest BCUT2D eigenvalue weighted by Gasteiger charge is -2.32. The summed E-state index contributed by atoms with van der Waals surface area (Å²) in [5, 5.41) is 8.81. The van der Waals surface area contributed by atoms with Crippen LogP contribution in [0.4, 0.5) is 0 Å². The minimum atomic E-state index is -0.0537. The van der Waals surface area contributed by atoms with Crippen LogP contribution >= 0.6 is 0 Å². The molecule has 1 aromatic carbocycles. The number of fused-ring (bicyclic) bond motifs is 2. The van der Waals surface area contributed by atoms with E-state index in [0.717, 1.165) is 35.7 Å². The average molecular weight is 401 g/mol. The van der Waals surface area contributed by atoms with Crippen LogP contribution in [-0.2, 0) is 26.4 Å². The molecular formula is C22H23N7O. The minimum Gasteiger partial charge on any atom is -0.329 e. The normalized spacial score (nSPS) is 16.1. The number of aromatic nitrogens is 6. The van der Waals surface area contributed by atoms with Crippen molar-refractivity contribution in [2.45, 2.75) is 32.4 Å². The van der Waals surface area contributed by atoms with Crippen LogP contribution in [0, 0.1) is 0 Å². The Hall–Kier alpha value is -3.55. The summed E-state index contributed by atoms with van der Waals surface area (Å²) < 4.78 is 4.03. The van der Waals surface area contributed by atoms with E-state index in [1.807, 2.05) is 22.6 Å². The third-order valence-corrected chi connectivity index (χ3v) is 5.66. The first-order valence-electron chi connectivity index (χ1n) is 10.1. The fraction of sp³-hybridized carbons (Fsp3) is 0.318. The Labute approximate surface area is 174 Å². The first kappa shape index (κ1) is 18.5. The third-order valence-electron chi connectivity index (χ3n) is 5.66. The number of carbonyl (C=O) groups excluding carboxylic acids is 1. The second-order valence-corrected chi connectivity index (χ2v) is 7.84. The Morgan fingerprint density at radius 3 is 2.80 bits per heavy atom. The molecular weight excluding hydrogens is 378 g/mol. The average Bonchev–Trinajstić information content (AvgIpc) is 3.36. The quantitative estimate of drug-likeness (QED) is 0.525. The zero-order valence-electron chi connectivity index (χ0n) is 17.1. The summed E-state index contributed by atoms with van der Waals surface area (Å²) in [5.41, 5.74) is 3.32. The van der Waals surface area contributed by atoms with Gasteiger partial charge in [0.25, 0.3) is 5.91 Å². The number of hydrogen-bond acceptors (Lipinski definition) is 5. The molecule has 0 radical (unpaired) electrons. The SMILES string of the molecule is C[C@H]1CN(C(=O)c2cnc3c(c2)ncn3C)Cc2nnc(CCc3ccccc3)n21. The van der Waals surface area contributed by atoms with E-state index in [1.165, 1.54) is 5.56 Å². The van der Waals surface area contributed by atoms with Gasteiger partial charge in [0.05, 0.1) is 24.5 Å². The molecule has 0 fully saturated rings. The molecule has 8 nitrogen and oxygen atoms in total. The van der Waals surface area contributed by atoms with Crippen LogP contribution in [0.2, 0.25) is 0 Å². The van der Waals surface area contributed by atoms with Crippen LogP contribution in [0.1, 0.15) is 40.5 Å². The monoisotopic (exact) mass is 401 g/mol. The van der Waals surface area contributed by atoms with Crippen molar-refractivity contribution in [3.05, 3.63) is 71.7 Å². The number of hydrogen-bond donors (Lipinski definition) is 0. The van der Waals surface area contributed by atoms with Gasteiger partial charge in [-0.3, -0.25) is 4.79 Å². The van der Waals surface area contributed by atoms with E-state index in [0.29, 0.717) is 18.7 Å². The fourth-order valence-corrected chi connectivity index (χ4v) is 4.15. The van der Waals surface area contributed by atoms with Crippen molar-refractivity contribution < 1.29 is 4.79 Å². The van der Waals surface area contributed by atoms with Crippen LogP contribution < -0.4 is 0 Å². The number of benzene rings is 1. The van der Waals surface area contributed by atoms with Crippen molar-refractivity contribution in [3.63, 3.8) is 0 Å². The van der Waals surface area contributed by atoms with Crippen LogP contribution in [-0.4, -0.2) is 46.7 Å². The first-order chi connectivity index (χ1) is 14.6. The summed E-state index contributed by atoms with van der Waals surface area (Å²) in [4.78, 5) is 23.6. The van der Waals surface area contributed by atoms with Gasteiger partial charge in [-0.1, -0.05) is 30.3 Å². The summed E-state index contributed by atoms with van der Waals surface area (Å²) >= 11 is 0. The van der Waals surface area contributed by atoms with Crippen molar-refractivity contribution >= 4 is 17.1 Å². The molecule has 3 aromatic heterocycles. The molecule has 0 N–H and O–H groups in total. The van der Waals surface area contributed by atoms with Gasteiger partial charge in [0, 0.05) is 26.2 Å². The highest BCUT2D eigenvalue weighted by Crippen LogP contribution is 2.24. The summed E-state index contributed by atoms with van der Waals surface area (Å²) in [5.74, 6) is 1.75. The predicted molar refractivity (Wildman–Crippen MR) is 112 cm³/mol. The van der Waals surface area contributed by atoms with E-state index < -0.39 is 0 Å². The molecule has 30 heavy (non-hydrogen) atoms. The summed E-state index contributed by atoms with van der Waals surface area (Å²) in [7, 11) is 1.89. The van der Waals surface area contributed by atoms with E-state index >= 15 is 0 Å². The van der Waals surface area contributed by atoms with E-state index in [-0.39, 0.29) is 11.9 Å². The van der Waals surface area contributed by atoms with Gasteiger partial charge < -0.3 is 14.0 Å². The molecule has 8 heteroatoms. The molecule has 1 aliphatic heterocycles. The maximum Gasteiger partial charge on any atom is 0.255 e. The number of pyridine rings is 1. The second-order valence-electron chi connectivity index (χ2n) is 7.84. The highest BCUT2D eigenvalue weighted by molar-refractivity contribution is 5.96. The predicted octanol–water partition coefficient (Wildman–Crippen LogP) is 2.56. The first-order valence-corrected chi connectivity index (χ1v) is 10.1. The molecule has 0 bridgehead atoms. The summed E-state index contributed by atoms with van der Waals surface area (Å²) in [6.07, 6.45) is 5.08. The Morgan fingerprint density at radius 1 is 1.13 bits per heavy atom. The Kier molecular flexibility index (Phi) is 4.54. The van der Waals surface area contributed by atoms with Gasteiger partial charge in [-0.25, -0.2) is 9.97 Å². The van der Waals surface area contributed by atoms with Crippen LogP contribution in [0.3, 0.4) is 0 Å². The van der Waals surface area contributed by atoms with Gasteiger partial charge in [-0.15, -0.1) is 10.2 Å². The zero-order chi connectivity index (χ0) is 20.7. The molecule has 0 unspecified atom stereocenters. The number of rotatable bonds is 4. The Morgan fingerprint density at radius 2 is 1.97 bits per heavy atom. The molecule has 0 saturated heterocycles. The molecule has 0 spiro atoms. The molecule has 0 aliphatic carbocycles. The number of carbonyl (C=O) groups is 1. The molecule has 5 rings (SSSR count). The molecule has 1 atom stereocenters. The van der Waals surface area contributed by atoms with Crippen molar-refractivity contribution in [3.8, 4) is 0 Å². The van der Waals surface area contributed by atoms with Crippen molar-refractivity contribution in [1.82, 2.24) is 34.2 Å². The lowest BCUT2D eigenvalue weighted by Crippen LogP contribution is -2.40. The van der Waals surface area contributed by atoms with Crippen LogP contribution in [0.25, 0.3) is 11.2 Å². The lowest BCUT2D eigenvalue weighted by atomic mass is 10.1. The van der Waals surface area contributed by atoms with Crippen molar-refractivity contribution in [2.24, 2.45) is 7.05 Å². The van der Waals surface area contributed by atoms with Gasteiger partial charge in [0.1, 0.15) is 11.3 Å². The number of amides is 1. The number of aryl methyl sites for hydroxylation is 3. The van der Waals surface area contributed by atoms with Gasteiger partial charge in [0.15, 0.2) is 11.5 Å². The maximum absolute atomic E-state index is 13.1. The van der Waals surface area contributed by atoms with E-state index in [2.05, 4.69) is 55.9 Å². The van der Waals surface area contributed by atoms with Crippen LogP contribution in [0.15, 0.2) is 48.9 Å². The number of imidazole rings is 1. The van der Waals surface area contributed by atoms with Gasteiger partial charge in [-0.05, 0) is 25.0 Å². The fourth-order valence-electron chi connectivity index (χ4n) is 4.15. The minimum absolute atomic E-state index is 0.0537. The third kappa shape index (κ3) is 3.24. The highest BCUT2D eigenvalue weighted by atomic mass is 16.2. The number of nitrogens with zero attached hydrogens (tertiary/aromatic N) is 7. The Balaban J connectivity index is 1.34. The molecule has 1 aliphatic rings. The van der Waals surface area contributed by atoms with Gasteiger partial charge in [-0.2, -0.15) is 0 Å². The second kappa shape index (κ2) is 7.37. The maximum atomic E-state index is 13.1. The van der Waals surface area contributed by atoms with Gasteiger partial charge >= 0.3 is 0 Å². The highest BCUT2D eigenvalue weighted by Gasteiger charge is 2.29. The van der Waals surface area contributed by atoms with E-state index in [1.54, 1.807) is 18.6 Å². The van der Waals surface area contributed by atoms with E-state index in [9.17, 15) is 4.79 Å². The summed E-state index contributed by atoms with van der Waals surface area (Å²) in [6.45, 7) is 3.17. The molecule has 4 heterocycles.